The predicted octanol–water partition coefficient (Wildman–Crippen LogP) is 2.90. The van der Waals surface area contributed by atoms with Gasteiger partial charge in [0.25, 0.3) is 0 Å². The van der Waals surface area contributed by atoms with E-state index in [-0.39, 0.29) is 0 Å². The van der Waals surface area contributed by atoms with Crippen molar-refractivity contribution in [3.63, 3.8) is 0 Å². The van der Waals surface area contributed by atoms with Crippen molar-refractivity contribution in [3.8, 4) is 0 Å². The van der Waals surface area contributed by atoms with Gasteiger partial charge in [-0.15, -0.1) is 11.8 Å². The van der Waals surface area contributed by atoms with Gasteiger partial charge in [0.05, 0.1) is 5.37 Å². The Bertz CT molecular complexity index is 299. The molecule has 1 aliphatic heterocycles. The van der Waals surface area contributed by atoms with E-state index < -0.39 is 0 Å². The van der Waals surface area contributed by atoms with Crippen LogP contribution < -0.4 is 0 Å². The van der Waals surface area contributed by atoms with Crippen molar-refractivity contribution in [1.29, 1.82) is 0 Å². The molecule has 0 saturated carbocycles. The first kappa shape index (κ1) is 10.3. The lowest BCUT2D eigenvalue weighted by atomic mass is 10.1. The second-order valence-corrected chi connectivity index (χ2v) is 5.12. The van der Waals surface area contributed by atoms with Crippen LogP contribution in [0.25, 0.3) is 0 Å². The van der Waals surface area contributed by atoms with Crippen LogP contribution in [0.5, 0.6) is 0 Å². The van der Waals surface area contributed by atoms with Gasteiger partial charge >= 0.3 is 0 Å². The van der Waals surface area contributed by atoms with Crippen molar-refractivity contribution in [2.45, 2.75) is 5.37 Å². The molecule has 1 fully saturated rings. The molecule has 14 heavy (non-hydrogen) atoms. The van der Waals surface area contributed by atoms with Crippen molar-refractivity contribution < 1.29 is 0 Å². The second-order valence-electron chi connectivity index (χ2n) is 3.46. The van der Waals surface area contributed by atoms with Gasteiger partial charge in [0.15, 0.2) is 0 Å². The summed E-state index contributed by atoms with van der Waals surface area (Å²) in [5.74, 6) is 1.23. The zero-order valence-corrected chi connectivity index (χ0v) is 9.68. The minimum absolute atomic E-state index is 0.524. The number of rotatable bonds is 2. The van der Waals surface area contributed by atoms with E-state index in [4.69, 9.17) is 11.6 Å². The fourth-order valence-electron chi connectivity index (χ4n) is 1.49. The third kappa shape index (κ3) is 2.44. The lowest BCUT2D eigenvalue weighted by Gasteiger charge is -2.17. The summed E-state index contributed by atoms with van der Waals surface area (Å²) in [6.45, 7) is 1.18. The molecule has 0 bridgehead atoms. The summed E-state index contributed by atoms with van der Waals surface area (Å²) >= 11 is 7.81. The summed E-state index contributed by atoms with van der Waals surface area (Å²) in [5.41, 5.74) is 1.25. The van der Waals surface area contributed by atoms with Crippen molar-refractivity contribution >= 4 is 23.4 Å². The molecule has 2 rings (SSSR count). The Labute approximate surface area is 94.4 Å². The molecule has 1 atom stereocenters. The number of hydrogen-bond donors (Lipinski definition) is 0. The fraction of sp³-hybridized carbons (Fsp3) is 0.364. The number of hydrogen-bond acceptors (Lipinski definition) is 2. The van der Waals surface area contributed by atoms with Crippen LogP contribution in [0.15, 0.2) is 24.3 Å². The highest BCUT2D eigenvalue weighted by Gasteiger charge is 2.21. The standard InChI is InChI=1S/C11H13ClNS/c1-13-6-7-14-11(13)8-9-2-4-10(12)5-3-9/h2-5,8,11H,6-7H2,1H3. The first-order valence-electron chi connectivity index (χ1n) is 4.68. The number of nitrogens with zero attached hydrogens (tertiary/aromatic N) is 1. The Hall–Kier alpha value is -0.180. The van der Waals surface area contributed by atoms with Gasteiger partial charge in [-0.05, 0) is 24.7 Å². The van der Waals surface area contributed by atoms with Crippen molar-refractivity contribution in [1.82, 2.24) is 4.90 Å². The Kier molecular flexibility index (Phi) is 3.37. The molecular weight excluding hydrogens is 214 g/mol. The van der Waals surface area contributed by atoms with Crippen LogP contribution in [0.3, 0.4) is 0 Å². The quantitative estimate of drug-likeness (QED) is 0.763. The number of thioether (sulfide) groups is 1. The lowest BCUT2D eigenvalue weighted by Crippen LogP contribution is -2.23. The van der Waals surface area contributed by atoms with Gasteiger partial charge in [-0.25, -0.2) is 0 Å². The van der Waals surface area contributed by atoms with E-state index >= 15 is 0 Å². The lowest BCUT2D eigenvalue weighted by molar-refractivity contribution is 0.380. The zero-order chi connectivity index (χ0) is 9.97. The van der Waals surface area contributed by atoms with E-state index in [1.165, 1.54) is 17.9 Å². The van der Waals surface area contributed by atoms with Crippen LogP contribution in [-0.4, -0.2) is 29.6 Å². The average Bonchev–Trinajstić information content (AvgIpc) is 2.56. The van der Waals surface area contributed by atoms with Gasteiger partial charge < -0.3 is 0 Å². The van der Waals surface area contributed by atoms with Crippen LogP contribution >= 0.6 is 23.4 Å². The molecule has 1 unspecified atom stereocenters. The topological polar surface area (TPSA) is 3.24 Å². The molecule has 1 aromatic rings. The molecule has 1 saturated heterocycles. The van der Waals surface area contributed by atoms with Gasteiger partial charge in [0.1, 0.15) is 0 Å². The van der Waals surface area contributed by atoms with Gasteiger partial charge in [-0.3, -0.25) is 4.90 Å². The molecule has 1 aromatic carbocycles. The molecule has 1 aliphatic rings. The smallest absolute Gasteiger partial charge is 0.0631 e. The molecule has 75 valence electrons. The predicted molar refractivity (Wildman–Crippen MR) is 63.7 cm³/mol. The van der Waals surface area contributed by atoms with Crippen LogP contribution in [0.4, 0.5) is 0 Å². The highest BCUT2D eigenvalue weighted by molar-refractivity contribution is 8.00. The molecule has 0 amide bonds. The summed E-state index contributed by atoms with van der Waals surface area (Å²) in [6, 6.07) is 8.00. The normalized spacial score (nSPS) is 22.9. The van der Waals surface area contributed by atoms with Crippen LogP contribution in [0.1, 0.15) is 5.56 Å². The van der Waals surface area contributed by atoms with E-state index in [9.17, 15) is 0 Å². The third-order valence-corrected chi connectivity index (χ3v) is 3.88. The summed E-state index contributed by atoms with van der Waals surface area (Å²) in [7, 11) is 2.16. The minimum Gasteiger partial charge on any atom is -0.293 e. The van der Waals surface area contributed by atoms with Crippen molar-refractivity contribution in [3.05, 3.63) is 41.3 Å². The second kappa shape index (κ2) is 4.56. The van der Waals surface area contributed by atoms with Crippen molar-refractivity contribution in [2.75, 3.05) is 19.3 Å². The number of likely N-dealkylation sites (N-methyl/N-ethyl adjacent to an activating group) is 1. The maximum absolute atomic E-state index is 5.83. The maximum Gasteiger partial charge on any atom is 0.0631 e. The molecule has 1 radical (unpaired) electrons. The van der Waals surface area contributed by atoms with E-state index in [0.717, 1.165) is 5.02 Å². The molecule has 0 aliphatic carbocycles. The fourth-order valence-corrected chi connectivity index (χ4v) is 2.86. The molecule has 1 heterocycles. The first-order chi connectivity index (χ1) is 6.75. The Morgan fingerprint density at radius 1 is 1.43 bits per heavy atom. The monoisotopic (exact) mass is 226 g/mol. The zero-order valence-electron chi connectivity index (χ0n) is 8.11. The van der Waals surface area contributed by atoms with Crippen molar-refractivity contribution in [2.24, 2.45) is 0 Å². The van der Waals surface area contributed by atoms with E-state index in [2.05, 4.69) is 30.5 Å². The first-order valence-corrected chi connectivity index (χ1v) is 6.11. The number of halogens is 1. The van der Waals surface area contributed by atoms with Crippen LogP contribution in [0, 0.1) is 6.42 Å². The SMILES string of the molecule is CN1CCSC1[CH]c1ccc(Cl)cc1. The minimum atomic E-state index is 0.524. The largest absolute Gasteiger partial charge is 0.293 e. The molecule has 3 heteroatoms. The molecule has 0 N–H and O–H groups in total. The summed E-state index contributed by atoms with van der Waals surface area (Å²) < 4.78 is 0. The van der Waals surface area contributed by atoms with Gasteiger partial charge in [-0.2, -0.15) is 0 Å². The highest BCUT2D eigenvalue weighted by Crippen LogP contribution is 2.26. The van der Waals surface area contributed by atoms with Gasteiger partial charge in [0, 0.05) is 23.7 Å². The molecular formula is C11H13ClNS. The molecule has 0 aromatic heterocycles. The molecule has 1 nitrogen and oxygen atoms in total. The van der Waals surface area contributed by atoms with E-state index in [1.807, 2.05) is 23.9 Å². The summed E-state index contributed by atoms with van der Waals surface area (Å²) in [6.07, 6.45) is 2.29. The highest BCUT2D eigenvalue weighted by atomic mass is 35.5. The van der Waals surface area contributed by atoms with Crippen LogP contribution in [-0.2, 0) is 0 Å². The van der Waals surface area contributed by atoms with Gasteiger partial charge in [-0.1, -0.05) is 23.7 Å². The Morgan fingerprint density at radius 2 is 2.14 bits per heavy atom. The summed E-state index contributed by atoms with van der Waals surface area (Å²) in [4.78, 5) is 2.36. The van der Waals surface area contributed by atoms with E-state index in [0.29, 0.717) is 5.37 Å². The molecule has 0 spiro atoms. The maximum atomic E-state index is 5.83. The number of benzene rings is 1. The van der Waals surface area contributed by atoms with Gasteiger partial charge in [0.2, 0.25) is 0 Å². The van der Waals surface area contributed by atoms with Crippen LogP contribution in [0.2, 0.25) is 5.02 Å². The van der Waals surface area contributed by atoms with E-state index in [1.54, 1.807) is 0 Å². The Morgan fingerprint density at radius 3 is 2.71 bits per heavy atom. The average molecular weight is 227 g/mol. The third-order valence-electron chi connectivity index (χ3n) is 2.37. The Balaban J connectivity index is 2.00. The summed E-state index contributed by atoms with van der Waals surface area (Å²) in [5, 5.41) is 1.32.